The molecule has 2 fully saturated rings. The highest BCUT2D eigenvalue weighted by Gasteiger charge is 2.50. The fourth-order valence-corrected chi connectivity index (χ4v) is 1.96. The van der Waals surface area contributed by atoms with E-state index in [1.54, 1.807) is 0 Å². The van der Waals surface area contributed by atoms with Gasteiger partial charge < -0.3 is 14.8 Å². The topological polar surface area (TPSA) is 47.6 Å². The minimum atomic E-state index is -3.30. The Hall–Kier alpha value is -0.750. The lowest BCUT2D eigenvalue weighted by Crippen LogP contribution is -2.31. The van der Waals surface area contributed by atoms with Crippen LogP contribution >= 0.6 is 0 Å². The molecule has 2 aliphatic rings. The lowest BCUT2D eigenvalue weighted by Gasteiger charge is -2.12. The molecule has 6 heteroatoms. The van der Waals surface area contributed by atoms with E-state index in [2.05, 4.69) is 10.1 Å². The molecular weight excluding hydrogens is 220 g/mol. The van der Waals surface area contributed by atoms with Gasteiger partial charge in [-0.15, -0.1) is 0 Å². The molecule has 16 heavy (non-hydrogen) atoms. The number of rotatable bonds is 4. The van der Waals surface area contributed by atoms with Crippen molar-refractivity contribution in [2.45, 2.75) is 24.9 Å². The van der Waals surface area contributed by atoms with Gasteiger partial charge in [-0.25, -0.2) is 4.79 Å². The van der Waals surface area contributed by atoms with Crippen LogP contribution in [0.4, 0.5) is 8.78 Å². The summed E-state index contributed by atoms with van der Waals surface area (Å²) in [6, 6.07) is 0. The Kier molecular flexibility index (Phi) is 3.39. The third-order valence-electron chi connectivity index (χ3n) is 2.89. The molecule has 4 nitrogen and oxygen atoms in total. The third-order valence-corrected chi connectivity index (χ3v) is 2.89. The van der Waals surface area contributed by atoms with Gasteiger partial charge in [0.15, 0.2) is 0 Å². The summed E-state index contributed by atoms with van der Waals surface area (Å²) in [5, 5.41) is 3.04. The van der Waals surface area contributed by atoms with Crippen molar-refractivity contribution in [3.63, 3.8) is 0 Å². The van der Waals surface area contributed by atoms with E-state index in [9.17, 15) is 13.6 Å². The molecule has 0 spiro atoms. The van der Waals surface area contributed by atoms with E-state index in [0.29, 0.717) is 12.5 Å². The third kappa shape index (κ3) is 2.68. The van der Waals surface area contributed by atoms with Crippen LogP contribution in [0.5, 0.6) is 0 Å². The molecule has 2 aliphatic heterocycles. The summed E-state index contributed by atoms with van der Waals surface area (Å²) in [7, 11) is 0. The molecule has 0 bridgehead atoms. The Bertz CT molecular complexity index is 267. The molecule has 0 aliphatic carbocycles. The van der Waals surface area contributed by atoms with E-state index in [4.69, 9.17) is 4.74 Å². The first-order valence-electron chi connectivity index (χ1n) is 5.45. The van der Waals surface area contributed by atoms with Crippen molar-refractivity contribution in [1.82, 2.24) is 5.32 Å². The fourth-order valence-electron chi connectivity index (χ4n) is 1.96. The number of alkyl halides is 2. The monoisotopic (exact) mass is 235 g/mol. The zero-order valence-corrected chi connectivity index (χ0v) is 8.88. The van der Waals surface area contributed by atoms with Gasteiger partial charge in [0.05, 0.1) is 13.0 Å². The number of hydrogen-bond acceptors (Lipinski definition) is 4. The summed E-state index contributed by atoms with van der Waals surface area (Å²) in [5.74, 6) is -4.26. The van der Waals surface area contributed by atoms with E-state index in [-0.39, 0.29) is 6.54 Å². The Labute approximate surface area is 92.3 Å². The summed E-state index contributed by atoms with van der Waals surface area (Å²) in [4.78, 5) is 10.7. The second-order valence-corrected chi connectivity index (χ2v) is 4.32. The highest BCUT2D eigenvalue weighted by atomic mass is 19.3. The molecule has 92 valence electrons. The molecule has 0 amide bonds. The minimum Gasteiger partial charge on any atom is -0.456 e. The molecule has 0 aromatic heterocycles. The Morgan fingerprint density at radius 2 is 2.25 bits per heavy atom. The van der Waals surface area contributed by atoms with E-state index in [1.807, 2.05) is 0 Å². The average Bonchev–Trinajstić information content (AvgIpc) is 2.76. The maximum atomic E-state index is 12.8. The molecule has 2 saturated heterocycles. The van der Waals surface area contributed by atoms with Crippen molar-refractivity contribution in [3.05, 3.63) is 0 Å². The Balaban J connectivity index is 1.65. The number of cyclic esters (lactones) is 1. The van der Waals surface area contributed by atoms with E-state index >= 15 is 0 Å². The molecule has 2 rings (SSSR count). The number of nitrogens with one attached hydrogen (secondary N) is 1. The van der Waals surface area contributed by atoms with Crippen LogP contribution in [0.25, 0.3) is 0 Å². The predicted molar refractivity (Wildman–Crippen MR) is 51.2 cm³/mol. The fraction of sp³-hybridized carbons (Fsp3) is 0.900. The Morgan fingerprint density at radius 3 is 2.81 bits per heavy atom. The zero-order valence-electron chi connectivity index (χ0n) is 8.88. The van der Waals surface area contributed by atoms with Gasteiger partial charge in [0.2, 0.25) is 0 Å². The van der Waals surface area contributed by atoms with E-state index in [1.165, 1.54) is 0 Å². The molecule has 2 heterocycles. The van der Waals surface area contributed by atoms with Crippen molar-refractivity contribution >= 4 is 5.97 Å². The van der Waals surface area contributed by atoms with Gasteiger partial charge in [0.25, 0.3) is 0 Å². The maximum absolute atomic E-state index is 12.8. The lowest BCUT2D eigenvalue weighted by atomic mass is 10.1. The Morgan fingerprint density at radius 1 is 1.44 bits per heavy atom. The van der Waals surface area contributed by atoms with Gasteiger partial charge in [-0.05, 0) is 12.3 Å². The van der Waals surface area contributed by atoms with Crippen LogP contribution in [-0.2, 0) is 14.3 Å². The predicted octanol–water partition coefficient (Wildman–Crippen LogP) is 0.563. The summed E-state index contributed by atoms with van der Waals surface area (Å²) in [5.41, 5.74) is 0. The van der Waals surface area contributed by atoms with Crippen molar-refractivity contribution < 1.29 is 23.0 Å². The van der Waals surface area contributed by atoms with Gasteiger partial charge in [-0.3, -0.25) is 0 Å². The summed E-state index contributed by atoms with van der Waals surface area (Å²) < 4.78 is 35.3. The quantitative estimate of drug-likeness (QED) is 0.723. The first kappa shape index (κ1) is 11.7. The van der Waals surface area contributed by atoms with Gasteiger partial charge in [-0.1, -0.05) is 0 Å². The van der Waals surface area contributed by atoms with Gasteiger partial charge in [-0.2, -0.15) is 8.78 Å². The van der Waals surface area contributed by atoms with Crippen LogP contribution in [0.15, 0.2) is 0 Å². The molecule has 2 atom stereocenters. The van der Waals surface area contributed by atoms with E-state index in [0.717, 1.165) is 19.6 Å². The highest BCUT2D eigenvalue weighted by molar-refractivity contribution is 5.79. The molecule has 1 N–H and O–H groups in total. The number of ether oxygens (including phenoxy) is 2. The lowest BCUT2D eigenvalue weighted by molar-refractivity contribution is -0.159. The molecule has 0 aromatic rings. The van der Waals surface area contributed by atoms with E-state index < -0.39 is 24.4 Å². The number of halogens is 2. The van der Waals surface area contributed by atoms with Gasteiger partial charge >= 0.3 is 11.9 Å². The molecule has 2 unspecified atom stereocenters. The van der Waals surface area contributed by atoms with Crippen molar-refractivity contribution in [2.75, 3.05) is 26.3 Å². The molecular formula is C10H15F2NO3. The average molecular weight is 235 g/mol. The van der Waals surface area contributed by atoms with Crippen molar-refractivity contribution in [2.24, 2.45) is 5.92 Å². The summed E-state index contributed by atoms with van der Waals surface area (Å²) >= 11 is 0. The van der Waals surface area contributed by atoms with Gasteiger partial charge in [0.1, 0.15) is 6.10 Å². The second kappa shape index (κ2) is 4.63. The normalized spacial score (nSPS) is 33.0. The number of carbonyl (C=O) groups excluding carboxylic acids is 1. The van der Waals surface area contributed by atoms with Crippen LogP contribution in [0.1, 0.15) is 12.8 Å². The first-order chi connectivity index (χ1) is 7.58. The van der Waals surface area contributed by atoms with Crippen LogP contribution < -0.4 is 5.32 Å². The molecule has 0 saturated carbocycles. The van der Waals surface area contributed by atoms with Gasteiger partial charge in [0, 0.05) is 19.7 Å². The largest absolute Gasteiger partial charge is 0.456 e. The molecule has 0 aromatic carbocycles. The summed E-state index contributed by atoms with van der Waals surface area (Å²) in [6.07, 6.45) is -0.224. The summed E-state index contributed by atoms with van der Waals surface area (Å²) in [6.45, 7) is 2.49. The standard InChI is InChI=1S/C10H15F2NO3/c11-10(12)3-8(16-9(10)14)5-13-4-7-1-2-15-6-7/h7-8,13H,1-6H2. The first-order valence-corrected chi connectivity index (χ1v) is 5.45. The maximum Gasteiger partial charge on any atom is 0.377 e. The second-order valence-electron chi connectivity index (χ2n) is 4.32. The van der Waals surface area contributed by atoms with Crippen molar-refractivity contribution in [3.8, 4) is 0 Å². The molecule has 0 radical (unpaired) electrons. The highest BCUT2D eigenvalue weighted by Crippen LogP contribution is 2.30. The zero-order chi connectivity index (χ0) is 11.6. The van der Waals surface area contributed by atoms with Crippen LogP contribution in [-0.4, -0.2) is 44.3 Å². The smallest absolute Gasteiger partial charge is 0.377 e. The van der Waals surface area contributed by atoms with Crippen LogP contribution in [0.2, 0.25) is 0 Å². The van der Waals surface area contributed by atoms with Crippen LogP contribution in [0, 0.1) is 5.92 Å². The van der Waals surface area contributed by atoms with Crippen molar-refractivity contribution in [1.29, 1.82) is 0 Å². The van der Waals surface area contributed by atoms with Crippen LogP contribution in [0.3, 0.4) is 0 Å². The number of hydrogen-bond donors (Lipinski definition) is 1. The number of esters is 1. The SMILES string of the molecule is O=C1OC(CNCC2CCOC2)CC1(F)F. The minimum absolute atomic E-state index is 0.290. The number of carbonyl (C=O) groups is 1.